The van der Waals surface area contributed by atoms with Crippen LogP contribution in [0, 0.1) is 17.8 Å². The van der Waals surface area contributed by atoms with Crippen molar-refractivity contribution in [3.63, 3.8) is 0 Å². The van der Waals surface area contributed by atoms with Gasteiger partial charge in [0.05, 0.1) is 36.8 Å². The predicted octanol–water partition coefficient (Wildman–Crippen LogP) is 3.13. The lowest BCUT2D eigenvalue weighted by molar-refractivity contribution is -0.133. The number of fused-ring (bicyclic) bond motifs is 1. The second-order valence-corrected chi connectivity index (χ2v) is 12.4. The lowest BCUT2D eigenvalue weighted by Crippen LogP contribution is -2.53. The normalized spacial score (nSPS) is 22.6. The standard InChI is InChI=1S/C31H48N4O6/c1-7-40-19-23(14-20(2)3)33-28(36)21-15-22(18-32-17-21)29(37)35(24-8-9-24)25-10-11-27-26(16-25)34(12-13-39-6)30(38)31(4,5)41-27/h10-11,16,20-24,32H,7-9,12-15,17-19H2,1-6H3,(H,33,36)/t21-,22+,23?/m0/s1. The number of carbonyl (C=O) groups excluding carboxylic acids is 3. The molecule has 228 valence electrons. The molecule has 10 nitrogen and oxygen atoms in total. The van der Waals surface area contributed by atoms with Gasteiger partial charge in [0.2, 0.25) is 11.8 Å². The van der Waals surface area contributed by atoms with Gasteiger partial charge in [-0.3, -0.25) is 14.4 Å². The molecule has 4 rings (SSSR count). The maximum atomic E-state index is 14.0. The summed E-state index contributed by atoms with van der Waals surface area (Å²) in [5.74, 6) is 0.256. The molecular weight excluding hydrogens is 524 g/mol. The van der Waals surface area contributed by atoms with Crippen LogP contribution in [0.2, 0.25) is 0 Å². The third kappa shape index (κ3) is 7.59. The molecule has 2 fully saturated rings. The highest BCUT2D eigenvalue weighted by molar-refractivity contribution is 6.04. The van der Waals surface area contributed by atoms with Crippen LogP contribution in [-0.2, 0) is 23.9 Å². The highest BCUT2D eigenvalue weighted by atomic mass is 16.5. The van der Waals surface area contributed by atoms with E-state index in [1.54, 1.807) is 25.9 Å². The predicted molar refractivity (Wildman–Crippen MR) is 158 cm³/mol. The minimum atomic E-state index is -0.992. The first-order chi connectivity index (χ1) is 19.6. The van der Waals surface area contributed by atoms with Crippen LogP contribution in [0.5, 0.6) is 5.75 Å². The Morgan fingerprint density at radius 1 is 1.22 bits per heavy atom. The van der Waals surface area contributed by atoms with E-state index in [-0.39, 0.29) is 41.6 Å². The van der Waals surface area contributed by atoms with Crippen LogP contribution in [0.25, 0.3) is 0 Å². The Morgan fingerprint density at radius 2 is 1.95 bits per heavy atom. The van der Waals surface area contributed by atoms with Gasteiger partial charge in [0.1, 0.15) is 5.75 Å². The van der Waals surface area contributed by atoms with E-state index in [2.05, 4.69) is 24.5 Å². The number of piperidine rings is 1. The van der Waals surface area contributed by atoms with E-state index in [4.69, 9.17) is 14.2 Å². The molecule has 0 radical (unpaired) electrons. The van der Waals surface area contributed by atoms with Gasteiger partial charge >= 0.3 is 0 Å². The summed E-state index contributed by atoms with van der Waals surface area (Å²) in [5.41, 5.74) is 0.399. The molecule has 0 spiro atoms. The van der Waals surface area contributed by atoms with Crippen LogP contribution in [-0.4, -0.2) is 82.0 Å². The minimum absolute atomic E-state index is 0.0114. The molecule has 1 unspecified atom stereocenters. The number of benzene rings is 1. The third-order valence-corrected chi connectivity index (χ3v) is 8.00. The highest BCUT2D eigenvalue weighted by Gasteiger charge is 2.43. The first-order valence-corrected chi connectivity index (χ1v) is 15.1. The van der Waals surface area contributed by atoms with Gasteiger partial charge < -0.3 is 34.6 Å². The van der Waals surface area contributed by atoms with E-state index in [9.17, 15) is 14.4 Å². The van der Waals surface area contributed by atoms with Crippen molar-refractivity contribution in [3.8, 4) is 5.75 Å². The van der Waals surface area contributed by atoms with Gasteiger partial charge in [-0.2, -0.15) is 0 Å². The van der Waals surface area contributed by atoms with Gasteiger partial charge in [0.15, 0.2) is 5.60 Å². The molecule has 3 atom stereocenters. The van der Waals surface area contributed by atoms with Crippen molar-refractivity contribution in [1.82, 2.24) is 10.6 Å². The van der Waals surface area contributed by atoms with Gasteiger partial charge in [-0.05, 0) is 70.6 Å². The zero-order valence-corrected chi connectivity index (χ0v) is 25.5. The Balaban J connectivity index is 1.51. The molecular formula is C31H48N4O6. The van der Waals surface area contributed by atoms with Crippen molar-refractivity contribution < 1.29 is 28.6 Å². The van der Waals surface area contributed by atoms with E-state index in [1.165, 1.54) is 0 Å². The third-order valence-electron chi connectivity index (χ3n) is 8.00. The van der Waals surface area contributed by atoms with Crippen molar-refractivity contribution in [2.24, 2.45) is 17.8 Å². The molecule has 2 aliphatic heterocycles. The summed E-state index contributed by atoms with van der Waals surface area (Å²) in [6.45, 7) is 12.7. The molecule has 1 saturated heterocycles. The largest absolute Gasteiger partial charge is 0.476 e. The van der Waals surface area contributed by atoms with Crippen molar-refractivity contribution in [1.29, 1.82) is 0 Å². The van der Waals surface area contributed by atoms with Gasteiger partial charge in [-0.1, -0.05) is 13.8 Å². The van der Waals surface area contributed by atoms with Crippen LogP contribution >= 0.6 is 0 Å². The summed E-state index contributed by atoms with van der Waals surface area (Å²) in [4.78, 5) is 44.1. The lowest BCUT2D eigenvalue weighted by atomic mass is 9.88. The Morgan fingerprint density at radius 3 is 2.61 bits per heavy atom. The molecule has 41 heavy (non-hydrogen) atoms. The van der Waals surface area contributed by atoms with E-state index in [1.807, 2.05) is 30.0 Å². The quantitative estimate of drug-likeness (QED) is 0.374. The maximum Gasteiger partial charge on any atom is 0.270 e. The smallest absolute Gasteiger partial charge is 0.270 e. The number of hydrogen-bond acceptors (Lipinski definition) is 7. The van der Waals surface area contributed by atoms with E-state index < -0.39 is 5.60 Å². The summed E-state index contributed by atoms with van der Waals surface area (Å²) in [7, 11) is 1.61. The Kier molecular flexibility index (Phi) is 10.3. The SMILES string of the molecule is CCOCC(CC(C)C)NC(=O)[C@@H]1CNC[C@H](C(=O)N(c2ccc3c(c2)N(CCOC)C(=O)C(C)(C)O3)C2CC2)C1. The van der Waals surface area contributed by atoms with E-state index >= 15 is 0 Å². The minimum Gasteiger partial charge on any atom is -0.476 e. The summed E-state index contributed by atoms with van der Waals surface area (Å²) >= 11 is 0. The zero-order chi connectivity index (χ0) is 29.7. The number of hydrogen-bond donors (Lipinski definition) is 2. The molecule has 3 aliphatic rings. The lowest BCUT2D eigenvalue weighted by Gasteiger charge is -2.39. The van der Waals surface area contributed by atoms with Crippen LogP contribution < -0.4 is 25.2 Å². The molecule has 0 bridgehead atoms. The van der Waals surface area contributed by atoms with Crippen molar-refractivity contribution in [2.75, 3.05) is 56.4 Å². The topological polar surface area (TPSA) is 109 Å². The van der Waals surface area contributed by atoms with E-state index in [0.717, 1.165) is 24.9 Å². The summed E-state index contributed by atoms with van der Waals surface area (Å²) < 4.78 is 16.9. The average Bonchev–Trinajstić information content (AvgIpc) is 3.77. The average molecular weight is 573 g/mol. The molecule has 1 aromatic rings. The fourth-order valence-corrected chi connectivity index (χ4v) is 5.80. The Hall–Kier alpha value is -2.69. The highest BCUT2D eigenvalue weighted by Crippen LogP contribution is 2.42. The number of amides is 3. The van der Waals surface area contributed by atoms with Crippen LogP contribution in [0.4, 0.5) is 11.4 Å². The number of rotatable bonds is 13. The number of ether oxygens (including phenoxy) is 3. The fraction of sp³-hybridized carbons (Fsp3) is 0.710. The fourth-order valence-electron chi connectivity index (χ4n) is 5.80. The zero-order valence-electron chi connectivity index (χ0n) is 25.5. The van der Waals surface area contributed by atoms with Gasteiger partial charge in [-0.15, -0.1) is 0 Å². The number of carbonyl (C=O) groups is 3. The van der Waals surface area contributed by atoms with Crippen molar-refractivity contribution >= 4 is 29.1 Å². The monoisotopic (exact) mass is 572 g/mol. The van der Waals surface area contributed by atoms with E-state index in [0.29, 0.717) is 63.2 Å². The number of nitrogens with one attached hydrogen (secondary N) is 2. The van der Waals surface area contributed by atoms with Crippen LogP contribution in [0.3, 0.4) is 0 Å². The molecule has 2 heterocycles. The molecule has 1 aliphatic carbocycles. The second-order valence-electron chi connectivity index (χ2n) is 12.4. The van der Waals surface area contributed by atoms with Crippen molar-refractivity contribution in [2.45, 2.75) is 78.0 Å². The van der Waals surface area contributed by atoms with Gasteiger partial charge in [0.25, 0.3) is 5.91 Å². The van der Waals surface area contributed by atoms with Crippen molar-refractivity contribution in [3.05, 3.63) is 18.2 Å². The van der Waals surface area contributed by atoms with Crippen LogP contribution in [0.15, 0.2) is 18.2 Å². The first kappa shape index (κ1) is 31.3. The Labute approximate surface area is 244 Å². The molecule has 2 N–H and O–H groups in total. The summed E-state index contributed by atoms with van der Waals surface area (Å²) in [6.07, 6.45) is 3.19. The molecule has 1 aromatic carbocycles. The maximum absolute atomic E-state index is 14.0. The number of anilines is 2. The van der Waals surface area contributed by atoms with Gasteiger partial charge in [-0.25, -0.2) is 0 Å². The van der Waals surface area contributed by atoms with Crippen LogP contribution in [0.1, 0.15) is 60.3 Å². The molecule has 1 saturated carbocycles. The molecule has 10 heteroatoms. The summed E-state index contributed by atoms with van der Waals surface area (Å²) in [6, 6.07) is 5.71. The first-order valence-electron chi connectivity index (χ1n) is 15.1. The second kappa shape index (κ2) is 13.5. The molecule has 3 amide bonds. The molecule has 0 aromatic heterocycles. The summed E-state index contributed by atoms with van der Waals surface area (Å²) in [5, 5.41) is 6.52. The van der Waals surface area contributed by atoms with Gasteiger partial charge in [0, 0.05) is 45.1 Å². The Bertz CT molecular complexity index is 1090. The number of methoxy groups -OCH3 is 1. The number of nitrogens with zero attached hydrogens (tertiary/aromatic N) is 2.